The Morgan fingerprint density at radius 1 is 1.50 bits per heavy atom. The molecule has 2 saturated heterocycles. The van der Waals surface area contributed by atoms with Gasteiger partial charge in [-0.1, -0.05) is 6.92 Å². The fourth-order valence-electron chi connectivity index (χ4n) is 3.03. The number of ether oxygens (including phenoxy) is 1. The van der Waals surface area contributed by atoms with Crippen LogP contribution in [0.15, 0.2) is 0 Å². The Hall–Kier alpha value is -0.260. The molecule has 0 aliphatic carbocycles. The van der Waals surface area contributed by atoms with Gasteiger partial charge in [-0.15, -0.1) is 0 Å². The van der Waals surface area contributed by atoms with E-state index in [4.69, 9.17) is 10.5 Å². The molecule has 2 fully saturated rings. The zero-order chi connectivity index (χ0) is 14.4. The molecule has 2 N–H and O–H groups in total. The summed E-state index contributed by atoms with van der Waals surface area (Å²) in [5, 5.41) is 0. The maximum Gasteiger partial charge on any atom is 0.225 e. The predicted octanol–water partition coefficient (Wildman–Crippen LogP) is 1.87. The molecular weight excluding hydrogens is 272 g/mol. The zero-order valence-corrected chi connectivity index (χ0v) is 13.4. The summed E-state index contributed by atoms with van der Waals surface area (Å²) in [5.41, 5.74) is 5.56. The fourth-order valence-corrected chi connectivity index (χ4v) is 4.25. The van der Waals surface area contributed by atoms with E-state index in [1.54, 1.807) is 0 Å². The van der Waals surface area contributed by atoms with Crippen LogP contribution in [0, 0.1) is 5.92 Å². The number of rotatable bonds is 7. The summed E-state index contributed by atoms with van der Waals surface area (Å²) >= 11 is 1.96. The molecule has 0 aromatic heterocycles. The highest BCUT2D eigenvalue weighted by Crippen LogP contribution is 2.26. The quantitative estimate of drug-likeness (QED) is 0.780. The van der Waals surface area contributed by atoms with Gasteiger partial charge in [0.25, 0.3) is 0 Å². The fraction of sp³-hybridized carbons (Fsp3) is 0.933. The van der Waals surface area contributed by atoms with E-state index in [1.807, 2.05) is 18.7 Å². The predicted molar refractivity (Wildman–Crippen MR) is 83.9 cm³/mol. The third kappa shape index (κ3) is 4.37. The van der Waals surface area contributed by atoms with E-state index in [0.717, 1.165) is 51.0 Å². The highest BCUT2D eigenvalue weighted by molar-refractivity contribution is 7.99. The molecule has 20 heavy (non-hydrogen) atoms. The van der Waals surface area contributed by atoms with Gasteiger partial charge in [0.2, 0.25) is 5.91 Å². The van der Waals surface area contributed by atoms with Crippen LogP contribution in [0.2, 0.25) is 0 Å². The minimum Gasteiger partial charge on any atom is -0.376 e. The molecule has 0 saturated carbocycles. The topological polar surface area (TPSA) is 55.6 Å². The monoisotopic (exact) mass is 300 g/mol. The van der Waals surface area contributed by atoms with Gasteiger partial charge < -0.3 is 15.4 Å². The number of hydrogen-bond acceptors (Lipinski definition) is 4. The lowest BCUT2D eigenvalue weighted by atomic mass is 10.0. The van der Waals surface area contributed by atoms with Crippen LogP contribution in [0.25, 0.3) is 0 Å². The van der Waals surface area contributed by atoms with Crippen molar-refractivity contribution in [1.82, 2.24) is 4.90 Å². The second-order valence-corrected chi connectivity index (χ2v) is 7.12. The summed E-state index contributed by atoms with van der Waals surface area (Å²) in [7, 11) is 0. The standard InChI is InChI=1S/C15H28N2O2S/c1-12(4-2-7-16)15(18)17(13-6-9-20-11-13)10-14-5-3-8-19-14/h12-14H,2-11,16H2,1H3. The Balaban J connectivity index is 1.94. The van der Waals surface area contributed by atoms with E-state index in [1.165, 1.54) is 5.75 Å². The molecule has 0 radical (unpaired) electrons. The molecule has 116 valence electrons. The van der Waals surface area contributed by atoms with E-state index >= 15 is 0 Å². The average Bonchev–Trinajstić information content (AvgIpc) is 3.13. The number of thioether (sulfide) groups is 1. The molecule has 2 aliphatic heterocycles. The van der Waals surface area contributed by atoms with Crippen LogP contribution < -0.4 is 5.73 Å². The van der Waals surface area contributed by atoms with Crippen molar-refractivity contribution in [2.24, 2.45) is 11.7 Å². The van der Waals surface area contributed by atoms with Gasteiger partial charge in [-0.25, -0.2) is 0 Å². The molecule has 5 heteroatoms. The molecular formula is C15H28N2O2S. The first kappa shape index (κ1) is 16.1. The van der Waals surface area contributed by atoms with Crippen LogP contribution in [0.1, 0.15) is 39.0 Å². The highest BCUT2D eigenvalue weighted by Gasteiger charge is 2.32. The number of nitrogens with two attached hydrogens (primary N) is 1. The Morgan fingerprint density at radius 3 is 2.95 bits per heavy atom. The molecule has 0 aromatic carbocycles. The van der Waals surface area contributed by atoms with Crippen LogP contribution >= 0.6 is 11.8 Å². The molecule has 2 heterocycles. The first-order valence-corrected chi connectivity index (χ1v) is 9.07. The number of nitrogens with zero attached hydrogens (tertiary/aromatic N) is 1. The van der Waals surface area contributed by atoms with Gasteiger partial charge in [0.05, 0.1) is 6.10 Å². The summed E-state index contributed by atoms with van der Waals surface area (Å²) in [4.78, 5) is 14.9. The summed E-state index contributed by atoms with van der Waals surface area (Å²) in [6.45, 7) is 4.36. The lowest BCUT2D eigenvalue weighted by Gasteiger charge is -2.33. The molecule has 3 unspecified atom stereocenters. The lowest BCUT2D eigenvalue weighted by molar-refractivity contribution is -0.139. The van der Waals surface area contributed by atoms with Gasteiger partial charge in [-0.05, 0) is 44.4 Å². The minimum absolute atomic E-state index is 0.0885. The van der Waals surface area contributed by atoms with Crippen molar-refractivity contribution >= 4 is 17.7 Å². The van der Waals surface area contributed by atoms with Crippen molar-refractivity contribution in [3.8, 4) is 0 Å². The average molecular weight is 300 g/mol. The Bertz CT molecular complexity index is 302. The Kier molecular flexibility index (Phi) is 6.65. The lowest BCUT2D eigenvalue weighted by Crippen LogP contribution is -2.47. The van der Waals surface area contributed by atoms with Crippen molar-refractivity contribution in [3.05, 3.63) is 0 Å². The van der Waals surface area contributed by atoms with Crippen LogP contribution in [-0.4, -0.2) is 54.2 Å². The first-order valence-electron chi connectivity index (χ1n) is 7.92. The van der Waals surface area contributed by atoms with Gasteiger partial charge in [0.15, 0.2) is 0 Å². The molecule has 3 atom stereocenters. The second kappa shape index (κ2) is 8.25. The summed E-state index contributed by atoms with van der Waals surface area (Å²) in [6.07, 6.45) is 5.45. The third-order valence-corrected chi connectivity index (χ3v) is 5.46. The number of hydrogen-bond donors (Lipinski definition) is 1. The maximum absolute atomic E-state index is 12.7. The van der Waals surface area contributed by atoms with Gasteiger partial charge >= 0.3 is 0 Å². The molecule has 0 aromatic rings. The van der Waals surface area contributed by atoms with E-state index < -0.39 is 0 Å². The molecule has 0 spiro atoms. The van der Waals surface area contributed by atoms with Crippen molar-refractivity contribution in [3.63, 3.8) is 0 Å². The van der Waals surface area contributed by atoms with E-state index in [0.29, 0.717) is 18.5 Å². The van der Waals surface area contributed by atoms with E-state index in [2.05, 4.69) is 4.90 Å². The minimum atomic E-state index is 0.0885. The molecule has 2 rings (SSSR count). The number of carbonyl (C=O) groups excluding carboxylic acids is 1. The van der Waals surface area contributed by atoms with Crippen molar-refractivity contribution < 1.29 is 9.53 Å². The largest absolute Gasteiger partial charge is 0.376 e. The zero-order valence-electron chi connectivity index (χ0n) is 12.6. The van der Waals surface area contributed by atoms with Crippen LogP contribution in [-0.2, 0) is 9.53 Å². The van der Waals surface area contributed by atoms with E-state index in [-0.39, 0.29) is 12.0 Å². The Labute approximate surface area is 126 Å². The summed E-state index contributed by atoms with van der Waals surface area (Å²) < 4.78 is 5.73. The first-order chi connectivity index (χ1) is 9.72. The molecule has 0 bridgehead atoms. The van der Waals surface area contributed by atoms with Gasteiger partial charge in [-0.2, -0.15) is 11.8 Å². The van der Waals surface area contributed by atoms with Crippen LogP contribution in [0.3, 0.4) is 0 Å². The number of carbonyl (C=O) groups is 1. The van der Waals surface area contributed by atoms with Crippen LogP contribution in [0.5, 0.6) is 0 Å². The Morgan fingerprint density at radius 2 is 2.35 bits per heavy atom. The SMILES string of the molecule is CC(CCCN)C(=O)N(CC1CCCO1)C1CCSC1. The van der Waals surface area contributed by atoms with Crippen molar-refractivity contribution in [2.75, 3.05) is 31.2 Å². The third-order valence-electron chi connectivity index (χ3n) is 4.32. The molecule has 4 nitrogen and oxygen atoms in total. The smallest absolute Gasteiger partial charge is 0.225 e. The normalized spacial score (nSPS) is 27.7. The van der Waals surface area contributed by atoms with Crippen LogP contribution in [0.4, 0.5) is 0 Å². The summed E-state index contributed by atoms with van der Waals surface area (Å²) in [5.74, 6) is 2.66. The molecule has 2 aliphatic rings. The van der Waals surface area contributed by atoms with Gasteiger partial charge in [0.1, 0.15) is 0 Å². The van der Waals surface area contributed by atoms with E-state index in [9.17, 15) is 4.79 Å². The van der Waals surface area contributed by atoms with Gasteiger partial charge in [0, 0.05) is 30.9 Å². The highest BCUT2D eigenvalue weighted by atomic mass is 32.2. The number of amides is 1. The summed E-state index contributed by atoms with van der Waals surface area (Å²) in [6, 6.07) is 0.414. The van der Waals surface area contributed by atoms with Crippen molar-refractivity contribution in [2.45, 2.75) is 51.2 Å². The van der Waals surface area contributed by atoms with Crippen molar-refractivity contribution in [1.29, 1.82) is 0 Å². The maximum atomic E-state index is 12.7. The molecule has 1 amide bonds. The second-order valence-electron chi connectivity index (χ2n) is 5.97. The van der Waals surface area contributed by atoms with Gasteiger partial charge in [-0.3, -0.25) is 4.79 Å².